The molecule has 19 nitrogen and oxygen atoms in total. The van der Waals surface area contributed by atoms with Crippen LogP contribution in [0.15, 0.2) is 0 Å². The SMILES string of the molecule is COCCOCCOCCNC(=O)NCCOCCN.COCCOCCOCCOC(=O)NCCOCCN.NCCOCCN. The fourth-order valence-corrected chi connectivity index (χ4v) is 2.57. The molecule has 284 valence electrons. The molecule has 0 aromatic heterocycles. The molecule has 0 saturated carbocycles. The first kappa shape index (κ1) is 49.4. The van der Waals surface area contributed by atoms with Crippen LogP contribution in [0.3, 0.4) is 0 Å². The number of ether oxygens (including phenoxy) is 10. The highest BCUT2D eigenvalue weighted by molar-refractivity contribution is 5.73. The van der Waals surface area contributed by atoms with Crippen molar-refractivity contribution in [2.24, 2.45) is 22.9 Å². The van der Waals surface area contributed by atoms with Gasteiger partial charge in [-0.25, -0.2) is 9.59 Å². The highest BCUT2D eigenvalue weighted by Gasteiger charge is 2.01. The maximum absolute atomic E-state index is 11.3. The van der Waals surface area contributed by atoms with E-state index in [4.69, 9.17) is 70.3 Å². The van der Waals surface area contributed by atoms with E-state index in [1.807, 2.05) is 0 Å². The van der Waals surface area contributed by atoms with E-state index in [1.54, 1.807) is 14.2 Å². The first-order valence-electron chi connectivity index (χ1n) is 15.8. The van der Waals surface area contributed by atoms with E-state index in [0.717, 1.165) is 0 Å². The Balaban J connectivity index is -0.000000685. The predicted octanol–water partition coefficient (Wildman–Crippen LogP) is -2.77. The fraction of sp³-hybridized carbons (Fsp3) is 0.929. The molecule has 0 saturated heterocycles. The Morgan fingerprint density at radius 2 is 0.702 bits per heavy atom. The third-order valence-corrected chi connectivity index (χ3v) is 4.70. The molecule has 0 atom stereocenters. The van der Waals surface area contributed by atoms with Crippen LogP contribution in [0.4, 0.5) is 9.59 Å². The van der Waals surface area contributed by atoms with Gasteiger partial charge < -0.3 is 86.3 Å². The van der Waals surface area contributed by atoms with Crippen molar-refractivity contribution in [3.8, 4) is 0 Å². The van der Waals surface area contributed by atoms with E-state index in [9.17, 15) is 9.59 Å². The third kappa shape index (κ3) is 53.8. The normalized spacial score (nSPS) is 10.3. The van der Waals surface area contributed by atoms with Crippen molar-refractivity contribution in [2.45, 2.75) is 0 Å². The summed E-state index contributed by atoms with van der Waals surface area (Å²) in [4.78, 5) is 22.5. The minimum absolute atomic E-state index is 0.202. The van der Waals surface area contributed by atoms with Crippen LogP contribution in [-0.2, 0) is 47.4 Å². The lowest BCUT2D eigenvalue weighted by Gasteiger charge is -2.08. The molecule has 0 aromatic rings. The Morgan fingerprint density at radius 3 is 1.09 bits per heavy atom. The molecule has 0 unspecified atom stereocenters. The van der Waals surface area contributed by atoms with Crippen molar-refractivity contribution in [2.75, 3.05) is 172 Å². The quantitative estimate of drug-likeness (QED) is 0.0352. The summed E-state index contributed by atoms with van der Waals surface area (Å²) in [5, 5.41) is 7.87. The molecule has 0 rings (SSSR count). The smallest absolute Gasteiger partial charge is 0.407 e. The van der Waals surface area contributed by atoms with Gasteiger partial charge in [0.05, 0.1) is 106 Å². The number of rotatable bonds is 32. The van der Waals surface area contributed by atoms with Crippen LogP contribution < -0.4 is 38.9 Å². The summed E-state index contributed by atoms with van der Waals surface area (Å²) in [7, 11) is 3.24. The average Bonchev–Trinajstić information content (AvgIpc) is 3.07. The second-order valence-corrected chi connectivity index (χ2v) is 8.67. The van der Waals surface area contributed by atoms with E-state index in [1.165, 1.54) is 0 Å². The Bertz CT molecular complexity index is 558. The van der Waals surface area contributed by atoms with Crippen LogP contribution in [0, 0.1) is 0 Å². The van der Waals surface area contributed by atoms with Crippen LogP contribution in [0.2, 0.25) is 0 Å². The number of carbonyl (C=O) groups excluding carboxylic acids is 2. The van der Waals surface area contributed by atoms with Crippen molar-refractivity contribution < 1.29 is 57.0 Å². The topological polar surface area (TPSA) is 267 Å². The van der Waals surface area contributed by atoms with E-state index in [-0.39, 0.29) is 12.6 Å². The van der Waals surface area contributed by atoms with Gasteiger partial charge in [0.25, 0.3) is 0 Å². The molecule has 19 heteroatoms. The molecular weight excluding hydrogens is 626 g/mol. The minimum atomic E-state index is -0.485. The van der Waals surface area contributed by atoms with Gasteiger partial charge in [0.1, 0.15) is 6.61 Å². The van der Waals surface area contributed by atoms with E-state index < -0.39 is 6.09 Å². The van der Waals surface area contributed by atoms with Crippen molar-refractivity contribution in [1.29, 1.82) is 0 Å². The molecule has 0 fully saturated rings. The van der Waals surface area contributed by atoms with Gasteiger partial charge in [0, 0.05) is 60.0 Å². The van der Waals surface area contributed by atoms with E-state index in [2.05, 4.69) is 16.0 Å². The van der Waals surface area contributed by atoms with Gasteiger partial charge in [-0.15, -0.1) is 0 Å². The molecular formula is C28H65N7O12. The maximum Gasteiger partial charge on any atom is 0.407 e. The molecule has 0 aliphatic heterocycles. The number of carbonyl (C=O) groups is 2. The van der Waals surface area contributed by atoms with Gasteiger partial charge in [-0.3, -0.25) is 0 Å². The number of hydrogen-bond acceptors (Lipinski definition) is 16. The second-order valence-electron chi connectivity index (χ2n) is 8.67. The fourth-order valence-electron chi connectivity index (χ4n) is 2.57. The lowest BCUT2D eigenvalue weighted by Crippen LogP contribution is -2.39. The molecule has 0 aliphatic carbocycles. The number of hydrogen-bond donors (Lipinski definition) is 7. The van der Waals surface area contributed by atoms with Crippen molar-refractivity contribution in [1.82, 2.24) is 16.0 Å². The summed E-state index contributed by atoms with van der Waals surface area (Å²) >= 11 is 0. The van der Waals surface area contributed by atoms with Gasteiger partial charge in [-0.05, 0) is 0 Å². The highest BCUT2D eigenvalue weighted by atomic mass is 16.6. The second kappa shape index (κ2) is 48.4. The maximum atomic E-state index is 11.3. The first-order chi connectivity index (χ1) is 23.0. The van der Waals surface area contributed by atoms with Crippen LogP contribution in [0.25, 0.3) is 0 Å². The summed E-state index contributed by atoms with van der Waals surface area (Å²) in [6.07, 6.45) is -0.485. The van der Waals surface area contributed by atoms with Gasteiger partial charge in [-0.1, -0.05) is 0 Å². The number of methoxy groups -OCH3 is 2. The zero-order valence-corrected chi connectivity index (χ0v) is 28.7. The summed E-state index contributed by atoms with van der Waals surface area (Å²) < 4.78 is 50.5. The summed E-state index contributed by atoms with van der Waals surface area (Å²) in [5.41, 5.74) is 20.7. The molecule has 47 heavy (non-hydrogen) atoms. The van der Waals surface area contributed by atoms with Crippen LogP contribution in [-0.4, -0.2) is 184 Å². The summed E-state index contributed by atoms with van der Waals surface area (Å²) in [6.45, 7) is 11.8. The highest BCUT2D eigenvalue weighted by Crippen LogP contribution is 1.83. The van der Waals surface area contributed by atoms with Crippen LogP contribution >= 0.6 is 0 Å². The lowest BCUT2D eigenvalue weighted by atomic mass is 10.6. The van der Waals surface area contributed by atoms with Gasteiger partial charge in [0.15, 0.2) is 0 Å². The molecule has 0 bridgehead atoms. The van der Waals surface area contributed by atoms with E-state index in [0.29, 0.717) is 152 Å². The summed E-state index contributed by atoms with van der Waals surface area (Å²) in [5.74, 6) is 0. The largest absolute Gasteiger partial charge is 0.447 e. The number of amides is 3. The molecule has 3 amide bonds. The monoisotopic (exact) mass is 691 g/mol. The van der Waals surface area contributed by atoms with Crippen molar-refractivity contribution in [3.63, 3.8) is 0 Å². The molecule has 0 spiro atoms. The Hall–Kier alpha value is -1.98. The van der Waals surface area contributed by atoms with E-state index >= 15 is 0 Å². The van der Waals surface area contributed by atoms with Crippen LogP contribution in [0.1, 0.15) is 0 Å². The number of nitrogens with one attached hydrogen (secondary N) is 3. The van der Waals surface area contributed by atoms with Crippen LogP contribution in [0.5, 0.6) is 0 Å². The molecule has 11 N–H and O–H groups in total. The zero-order chi connectivity index (χ0) is 35.3. The minimum Gasteiger partial charge on any atom is -0.447 e. The zero-order valence-electron chi connectivity index (χ0n) is 28.7. The Morgan fingerprint density at radius 1 is 0.404 bits per heavy atom. The summed E-state index contributed by atoms with van der Waals surface area (Å²) in [6, 6.07) is -0.235. The molecule has 0 aromatic carbocycles. The first-order valence-corrected chi connectivity index (χ1v) is 15.8. The van der Waals surface area contributed by atoms with Gasteiger partial charge >= 0.3 is 12.1 Å². The average molecular weight is 692 g/mol. The molecule has 0 radical (unpaired) electrons. The lowest BCUT2D eigenvalue weighted by molar-refractivity contribution is 0.0129. The standard InChI is InChI=1S/C12H27N3O5.C12H26N2O6.C4H12N2O/c1-17-8-9-20-11-10-19-7-4-15-12(16)14-3-6-18-5-2-13;1-16-6-7-18-8-9-19-10-11-20-12(15)14-3-5-17-4-2-13;5-1-3-7-4-2-6/h2-11,13H2,1H3,(H2,14,15,16);2-11,13H2,1H3,(H,14,15);1-6H2. The Labute approximate surface area is 280 Å². The molecule has 0 heterocycles. The number of urea groups is 1. The predicted molar refractivity (Wildman–Crippen MR) is 176 cm³/mol. The van der Waals surface area contributed by atoms with Gasteiger partial charge in [-0.2, -0.15) is 0 Å². The number of nitrogens with two attached hydrogens (primary N) is 4. The van der Waals surface area contributed by atoms with Crippen molar-refractivity contribution in [3.05, 3.63) is 0 Å². The number of alkyl carbamates (subject to hydrolysis) is 1. The van der Waals surface area contributed by atoms with Crippen molar-refractivity contribution >= 4 is 12.1 Å². The molecule has 0 aliphatic rings. The Kier molecular flexibility index (Phi) is 50.9. The van der Waals surface area contributed by atoms with Gasteiger partial charge in [0.2, 0.25) is 0 Å². The third-order valence-electron chi connectivity index (χ3n) is 4.70.